The Balaban J connectivity index is 1.89. The first-order chi connectivity index (χ1) is 10.2. The van der Waals surface area contributed by atoms with Crippen molar-refractivity contribution in [3.8, 4) is 11.4 Å². The predicted octanol–water partition coefficient (Wildman–Crippen LogP) is 4.50. The van der Waals surface area contributed by atoms with Gasteiger partial charge < -0.3 is 0 Å². The van der Waals surface area contributed by atoms with Gasteiger partial charge in [-0.05, 0) is 36.3 Å². The quantitative estimate of drug-likeness (QED) is 0.719. The van der Waals surface area contributed by atoms with Gasteiger partial charge in [0.15, 0.2) is 10.6 Å². The summed E-state index contributed by atoms with van der Waals surface area (Å²) >= 11 is 11.4. The Morgan fingerprint density at radius 2 is 1.90 bits per heavy atom. The monoisotopic (exact) mass is 315 g/mol. The Bertz CT molecular complexity index is 793. The summed E-state index contributed by atoms with van der Waals surface area (Å²) in [5, 5.41) is 7.88. The highest BCUT2D eigenvalue weighted by atomic mass is 35.5. The van der Waals surface area contributed by atoms with Gasteiger partial charge in [0.2, 0.25) is 0 Å². The van der Waals surface area contributed by atoms with Gasteiger partial charge in [-0.15, -0.1) is 0 Å². The van der Waals surface area contributed by atoms with E-state index in [4.69, 9.17) is 23.8 Å². The molecule has 0 saturated heterocycles. The number of hydrogen-bond acceptors (Lipinski definition) is 2. The third-order valence-corrected chi connectivity index (χ3v) is 3.85. The Labute approximate surface area is 133 Å². The average Bonchev–Trinajstić information content (AvgIpc) is 2.87. The van der Waals surface area contributed by atoms with Gasteiger partial charge in [-0.3, -0.25) is 9.67 Å². The second-order valence-electron chi connectivity index (χ2n) is 4.75. The number of nitrogens with zero attached hydrogens (tertiary/aromatic N) is 2. The van der Waals surface area contributed by atoms with Crippen molar-refractivity contribution in [2.45, 2.75) is 13.0 Å². The standard InChI is InChI=1S/C16H14ClN3S/c17-14-8-4-7-13(11-14)15-18-19-16(21)20(15)10-9-12-5-2-1-3-6-12/h1-8,11H,9-10H2,(H,19,21). The highest BCUT2D eigenvalue weighted by Crippen LogP contribution is 2.21. The summed E-state index contributed by atoms with van der Waals surface area (Å²) in [5.41, 5.74) is 2.24. The van der Waals surface area contributed by atoms with Crippen molar-refractivity contribution >= 4 is 23.8 Å². The molecule has 1 aromatic heterocycles. The maximum atomic E-state index is 6.05. The summed E-state index contributed by atoms with van der Waals surface area (Å²) < 4.78 is 2.63. The molecule has 0 fully saturated rings. The minimum absolute atomic E-state index is 0.626. The van der Waals surface area contributed by atoms with Crippen molar-refractivity contribution in [3.05, 3.63) is 70.0 Å². The minimum atomic E-state index is 0.626. The topological polar surface area (TPSA) is 33.6 Å². The summed E-state index contributed by atoms with van der Waals surface area (Å²) in [7, 11) is 0. The SMILES string of the molecule is S=c1[nH]nc(-c2cccc(Cl)c2)n1CCc1ccccc1. The van der Waals surface area contributed by atoms with Crippen LogP contribution in [0.15, 0.2) is 54.6 Å². The molecule has 0 unspecified atom stereocenters. The van der Waals surface area contributed by atoms with E-state index in [1.165, 1.54) is 5.56 Å². The van der Waals surface area contributed by atoms with Crippen LogP contribution in [0, 0.1) is 4.77 Å². The lowest BCUT2D eigenvalue weighted by Gasteiger charge is -2.07. The van der Waals surface area contributed by atoms with Gasteiger partial charge in [0, 0.05) is 17.1 Å². The number of aryl methyl sites for hydroxylation is 1. The smallest absolute Gasteiger partial charge is 0.195 e. The van der Waals surface area contributed by atoms with E-state index in [0.717, 1.165) is 24.4 Å². The van der Waals surface area contributed by atoms with E-state index in [0.29, 0.717) is 9.79 Å². The van der Waals surface area contributed by atoms with Crippen molar-refractivity contribution in [1.29, 1.82) is 0 Å². The molecule has 0 bridgehead atoms. The number of aromatic nitrogens is 3. The van der Waals surface area contributed by atoms with E-state index >= 15 is 0 Å². The van der Waals surface area contributed by atoms with Crippen LogP contribution < -0.4 is 0 Å². The van der Waals surface area contributed by atoms with Gasteiger partial charge in [0.1, 0.15) is 0 Å². The lowest BCUT2D eigenvalue weighted by atomic mass is 10.1. The zero-order valence-electron chi connectivity index (χ0n) is 11.3. The minimum Gasteiger partial charge on any atom is -0.300 e. The zero-order chi connectivity index (χ0) is 14.7. The van der Waals surface area contributed by atoms with Crippen LogP contribution in [0.5, 0.6) is 0 Å². The normalized spacial score (nSPS) is 10.7. The molecule has 3 nitrogen and oxygen atoms in total. The van der Waals surface area contributed by atoms with E-state index in [2.05, 4.69) is 22.3 Å². The molecular weight excluding hydrogens is 302 g/mol. The summed E-state index contributed by atoms with van der Waals surface area (Å²) in [4.78, 5) is 0. The molecule has 2 aromatic carbocycles. The molecule has 0 aliphatic rings. The Morgan fingerprint density at radius 1 is 1.10 bits per heavy atom. The summed E-state index contributed by atoms with van der Waals surface area (Å²) in [5.74, 6) is 0.818. The predicted molar refractivity (Wildman–Crippen MR) is 88.0 cm³/mol. The van der Waals surface area contributed by atoms with E-state index < -0.39 is 0 Å². The second kappa shape index (κ2) is 6.24. The van der Waals surface area contributed by atoms with E-state index in [1.54, 1.807) is 0 Å². The Hall–Kier alpha value is -1.91. The Morgan fingerprint density at radius 3 is 2.67 bits per heavy atom. The molecule has 0 aliphatic heterocycles. The number of aromatic amines is 1. The number of halogens is 1. The molecular formula is C16H14ClN3S. The fourth-order valence-electron chi connectivity index (χ4n) is 2.26. The highest BCUT2D eigenvalue weighted by Gasteiger charge is 2.09. The summed E-state index contributed by atoms with van der Waals surface area (Å²) in [6.07, 6.45) is 0.905. The van der Waals surface area contributed by atoms with E-state index in [9.17, 15) is 0 Å². The van der Waals surface area contributed by atoms with Crippen LogP contribution in [-0.2, 0) is 13.0 Å². The second-order valence-corrected chi connectivity index (χ2v) is 5.57. The number of H-pyrrole nitrogens is 1. The summed E-state index contributed by atoms with van der Waals surface area (Å²) in [6, 6.07) is 18.0. The van der Waals surface area contributed by atoms with Crippen LogP contribution >= 0.6 is 23.8 Å². The van der Waals surface area contributed by atoms with Gasteiger partial charge in [-0.25, -0.2) is 0 Å². The first-order valence-electron chi connectivity index (χ1n) is 6.69. The third-order valence-electron chi connectivity index (χ3n) is 3.31. The van der Waals surface area contributed by atoms with Gasteiger partial charge in [0.25, 0.3) is 0 Å². The third kappa shape index (κ3) is 3.23. The van der Waals surface area contributed by atoms with E-state index in [-0.39, 0.29) is 0 Å². The molecule has 3 aromatic rings. The molecule has 5 heteroatoms. The fourth-order valence-corrected chi connectivity index (χ4v) is 2.67. The van der Waals surface area contributed by atoms with Crippen LogP contribution in [0.1, 0.15) is 5.56 Å². The van der Waals surface area contributed by atoms with Crippen molar-refractivity contribution in [3.63, 3.8) is 0 Å². The molecule has 1 heterocycles. The maximum Gasteiger partial charge on any atom is 0.195 e. The fraction of sp³-hybridized carbons (Fsp3) is 0.125. The van der Waals surface area contributed by atoms with Gasteiger partial charge in [0.05, 0.1) is 0 Å². The van der Waals surface area contributed by atoms with Crippen LogP contribution in [0.2, 0.25) is 5.02 Å². The first kappa shape index (κ1) is 14.0. The van der Waals surface area contributed by atoms with Crippen LogP contribution in [0.3, 0.4) is 0 Å². The highest BCUT2D eigenvalue weighted by molar-refractivity contribution is 7.71. The lowest BCUT2D eigenvalue weighted by Crippen LogP contribution is -2.04. The van der Waals surface area contributed by atoms with Crippen molar-refractivity contribution in [1.82, 2.24) is 14.8 Å². The van der Waals surface area contributed by atoms with Gasteiger partial charge in [-0.1, -0.05) is 54.1 Å². The number of rotatable bonds is 4. The Kier molecular flexibility index (Phi) is 4.18. The van der Waals surface area contributed by atoms with Crippen LogP contribution in [-0.4, -0.2) is 14.8 Å². The van der Waals surface area contributed by atoms with Crippen molar-refractivity contribution < 1.29 is 0 Å². The molecule has 0 spiro atoms. The molecule has 106 valence electrons. The molecule has 0 aliphatic carbocycles. The molecule has 0 saturated carbocycles. The molecule has 21 heavy (non-hydrogen) atoms. The lowest BCUT2D eigenvalue weighted by molar-refractivity contribution is 0.692. The van der Waals surface area contributed by atoms with E-state index in [1.807, 2.05) is 47.0 Å². The molecule has 0 atom stereocenters. The molecule has 1 N–H and O–H groups in total. The molecule has 3 rings (SSSR count). The maximum absolute atomic E-state index is 6.05. The van der Waals surface area contributed by atoms with Gasteiger partial charge >= 0.3 is 0 Å². The number of nitrogens with one attached hydrogen (secondary N) is 1. The number of benzene rings is 2. The summed E-state index contributed by atoms with van der Waals surface area (Å²) in [6.45, 7) is 0.779. The number of hydrogen-bond donors (Lipinski definition) is 1. The molecule has 0 radical (unpaired) electrons. The van der Waals surface area contributed by atoms with Crippen molar-refractivity contribution in [2.24, 2.45) is 0 Å². The largest absolute Gasteiger partial charge is 0.300 e. The zero-order valence-corrected chi connectivity index (χ0v) is 12.9. The molecule has 0 amide bonds. The van der Waals surface area contributed by atoms with Gasteiger partial charge in [-0.2, -0.15) is 5.10 Å². The van der Waals surface area contributed by atoms with Crippen LogP contribution in [0.25, 0.3) is 11.4 Å². The average molecular weight is 316 g/mol. The first-order valence-corrected chi connectivity index (χ1v) is 7.48. The van der Waals surface area contributed by atoms with Crippen LogP contribution in [0.4, 0.5) is 0 Å². The van der Waals surface area contributed by atoms with Crippen molar-refractivity contribution in [2.75, 3.05) is 0 Å².